The number of halogens is 2. The summed E-state index contributed by atoms with van der Waals surface area (Å²) in [6, 6.07) is 0. The SMILES string of the molecule is C[O][Ti+2][C]1=CC=CC1.[Cl-].[Cl-]. The van der Waals surface area contributed by atoms with Gasteiger partial charge in [-0.1, -0.05) is 0 Å². The van der Waals surface area contributed by atoms with Crippen LogP contribution < -0.4 is 24.8 Å². The van der Waals surface area contributed by atoms with E-state index in [1.165, 1.54) is 3.88 Å². The van der Waals surface area contributed by atoms with Crippen molar-refractivity contribution in [2.45, 2.75) is 6.42 Å². The zero-order valence-corrected chi connectivity index (χ0v) is 8.68. The summed E-state index contributed by atoms with van der Waals surface area (Å²) in [5.74, 6) is 0. The predicted molar refractivity (Wildman–Crippen MR) is 28.8 cm³/mol. The Morgan fingerprint density at radius 3 is 2.60 bits per heavy atom. The third-order valence-electron chi connectivity index (χ3n) is 1.00. The zero-order valence-electron chi connectivity index (χ0n) is 5.60. The van der Waals surface area contributed by atoms with Gasteiger partial charge in [-0.2, -0.15) is 0 Å². The van der Waals surface area contributed by atoms with Gasteiger partial charge < -0.3 is 24.8 Å². The minimum atomic E-state index is -0.194. The van der Waals surface area contributed by atoms with E-state index in [9.17, 15) is 0 Å². The van der Waals surface area contributed by atoms with Crippen LogP contribution in [0.5, 0.6) is 0 Å². The summed E-state index contributed by atoms with van der Waals surface area (Å²) in [4.78, 5) is 0. The van der Waals surface area contributed by atoms with Gasteiger partial charge in [-0.05, 0) is 0 Å². The summed E-state index contributed by atoms with van der Waals surface area (Å²) in [5, 5.41) is 0. The van der Waals surface area contributed by atoms with E-state index in [2.05, 4.69) is 18.2 Å². The van der Waals surface area contributed by atoms with Crippen molar-refractivity contribution in [3.63, 3.8) is 0 Å². The number of rotatable bonds is 2. The first kappa shape index (κ1) is 13.3. The minimum absolute atomic E-state index is 0. The average Bonchev–Trinajstić information content (AvgIpc) is 2.19. The van der Waals surface area contributed by atoms with Crippen LogP contribution in [-0.2, 0) is 22.9 Å². The molecule has 0 amide bonds. The molecule has 0 N–H and O–H groups in total. The molecule has 0 bridgehead atoms. The van der Waals surface area contributed by atoms with Crippen molar-refractivity contribution in [3.8, 4) is 0 Å². The van der Waals surface area contributed by atoms with Gasteiger partial charge >= 0.3 is 58.5 Å². The molecule has 0 aromatic carbocycles. The third kappa shape index (κ3) is 4.53. The van der Waals surface area contributed by atoms with Gasteiger partial charge in [0.1, 0.15) is 0 Å². The Morgan fingerprint density at radius 1 is 1.50 bits per heavy atom. The maximum atomic E-state index is 5.04. The maximum Gasteiger partial charge on any atom is -1.00 e. The van der Waals surface area contributed by atoms with E-state index < -0.39 is 0 Å². The third-order valence-corrected chi connectivity index (χ3v) is 2.31. The molecule has 1 rings (SSSR count). The Balaban J connectivity index is 0. The molecule has 0 aromatic heterocycles. The fraction of sp³-hybridized carbons (Fsp3) is 0.333. The van der Waals surface area contributed by atoms with Crippen molar-refractivity contribution >= 4 is 0 Å². The van der Waals surface area contributed by atoms with Crippen LogP contribution in [0.25, 0.3) is 0 Å². The smallest absolute Gasteiger partial charge is 1.00 e. The molecule has 0 aromatic rings. The second-order valence-electron chi connectivity index (χ2n) is 1.63. The molecular weight excluding hydrogens is 207 g/mol. The van der Waals surface area contributed by atoms with Crippen LogP contribution in [-0.4, -0.2) is 7.11 Å². The summed E-state index contributed by atoms with van der Waals surface area (Å²) in [7, 11) is 1.78. The fourth-order valence-electron chi connectivity index (χ4n) is 0.654. The summed E-state index contributed by atoms with van der Waals surface area (Å²) < 4.78 is 6.54. The molecule has 4 heteroatoms. The molecule has 0 aliphatic heterocycles. The van der Waals surface area contributed by atoms with Crippen LogP contribution in [0.1, 0.15) is 6.42 Å². The molecule has 10 heavy (non-hydrogen) atoms. The Bertz CT molecular complexity index is 134. The number of hydrogen-bond donors (Lipinski definition) is 0. The summed E-state index contributed by atoms with van der Waals surface area (Å²) in [6.45, 7) is 0. The topological polar surface area (TPSA) is 9.23 Å². The van der Waals surface area contributed by atoms with Crippen molar-refractivity contribution in [1.29, 1.82) is 0 Å². The van der Waals surface area contributed by atoms with Crippen molar-refractivity contribution in [3.05, 3.63) is 22.1 Å². The second-order valence-corrected chi connectivity index (χ2v) is 3.59. The van der Waals surface area contributed by atoms with Crippen LogP contribution in [0.3, 0.4) is 0 Å². The normalized spacial score (nSPS) is 12.7. The van der Waals surface area contributed by atoms with Gasteiger partial charge in [0.2, 0.25) is 0 Å². The standard InChI is InChI=1S/C5H5.CH3O.2ClH.Ti/c1-2-4-5-3-1;1-2;;;/h1-3H,4H2;1H3;2*1H;/q;-1;;;+3/p-2. The molecule has 0 radical (unpaired) electrons. The van der Waals surface area contributed by atoms with Crippen molar-refractivity contribution in [2.24, 2.45) is 0 Å². The molecule has 0 heterocycles. The second kappa shape index (κ2) is 7.84. The van der Waals surface area contributed by atoms with Crippen LogP contribution >= 0.6 is 0 Å². The molecule has 56 valence electrons. The van der Waals surface area contributed by atoms with Gasteiger partial charge in [0.25, 0.3) is 0 Å². The Morgan fingerprint density at radius 2 is 2.20 bits per heavy atom. The molecule has 1 aliphatic carbocycles. The Hall–Kier alpha value is 0.734. The van der Waals surface area contributed by atoms with E-state index in [4.69, 9.17) is 3.32 Å². The molecular formula is C6H8Cl2OTi. The van der Waals surface area contributed by atoms with Gasteiger partial charge in [-0.15, -0.1) is 0 Å². The van der Waals surface area contributed by atoms with Crippen LogP contribution in [0, 0.1) is 0 Å². The van der Waals surface area contributed by atoms with E-state index in [0.29, 0.717) is 0 Å². The van der Waals surface area contributed by atoms with E-state index in [1.807, 2.05) is 0 Å². The summed E-state index contributed by atoms with van der Waals surface area (Å²) in [6.07, 6.45) is 7.55. The average molecular weight is 215 g/mol. The number of hydrogen-bond acceptors (Lipinski definition) is 1. The van der Waals surface area contributed by atoms with Crippen LogP contribution in [0.15, 0.2) is 22.1 Å². The van der Waals surface area contributed by atoms with Crippen molar-refractivity contribution in [1.82, 2.24) is 0 Å². The maximum absolute atomic E-state index is 5.04. The molecule has 0 fully saturated rings. The molecule has 1 aliphatic rings. The Kier molecular flexibility index (Phi) is 10.4. The van der Waals surface area contributed by atoms with Crippen molar-refractivity contribution in [2.75, 3.05) is 7.11 Å². The van der Waals surface area contributed by atoms with Crippen molar-refractivity contribution < 1.29 is 47.7 Å². The molecule has 0 atom stereocenters. The largest absolute Gasteiger partial charge is 1.00 e. The van der Waals surface area contributed by atoms with Gasteiger partial charge in [0, 0.05) is 0 Å². The molecule has 0 spiro atoms. The van der Waals surface area contributed by atoms with E-state index in [-0.39, 0.29) is 44.4 Å². The molecule has 1 nitrogen and oxygen atoms in total. The van der Waals surface area contributed by atoms with Gasteiger partial charge in [-0.3, -0.25) is 0 Å². The zero-order chi connectivity index (χ0) is 5.82. The quantitative estimate of drug-likeness (QED) is 0.422. The van der Waals surface area contributed by atoms with Gasteiger partial charge in [0.05, 0.1) is 0 Å². The first-order valence-corrected chi connectivity index (χ1v) is 4.00. The van der Waals surface area contributed by atoms with E-state index in [0.717, 1.165) is 6.42 Å². The van der Waals surface area contributed by atoms with Gasteiger partial charge in [0.15, 0.2) is 0 Å². The number of allylic oxidation sites excluding steroid dienone is 4. The monoisotopic (exact) mass is 214 g/mol. The minimum Gasteiger partial charge on any atom is -1.00 e. The van der Waals surface area contributed by atoms with E-state index in [1.54, 1.807) is 7.11 Å². The van der Waals surface area contributed by atoms with Gasteiger partial charge in [-0.25, -0.2) is 0 Å². The molecule has 0 unspecified atom stereocenters. The van der Waals surface area contributed by atoms with Crippen LogP contribution in [0.4, 0.5) is 0 Å². The summed E-state index contributed by atoms with van der Waals surface area (Å²) >= 11 is -0.194. The van der Waals surface area contributed by atoms with Crippen LogP contribution in [0.2, 0.25) is 0 Å². The first-order valence-electron chi connectivity index (χ1n) is 2.58. The molecule has 0 saturated carbocycles. The fourth-order valence-corrected chi connectivity index (χ4v) is 1.63. The van der Waals surface area contributed by atoms with E-state index >= 15 is 0 Å². The predicted octanol–water partition coefficient (Wildman–Crippen LogP) is -4.52. The summed E-state index contributed by atoms with van der Waals surface area (Å²) in [5.41, 5.74) is 0. The Labute approximate surface area is 83.1 Å². The first-order chi connectivity index (χ1) is 3.93. The molecule has 0 saturated heterocycles.